The summed E-state index contributed by atoms with van der Waals surface area (Å²) in [6, 6.07) is -0.0185. The van der Waals surface area contributed by atoms with Gasteiger partial charge in [-0.25, -0.2) is 0 Å². The van der Waals surface area contributed by atoms with Gasteiger partial charge in [0.15, 0.2) is 0 Å². The maximum absolute atomic E-state index is 10.7. The van der Waals surface area contributed by atoms with Crippen molar-refractivity contribution in [3.8, 4) is 0 Å². The molecule has 0 N–H and O–H groups in total. The van der Waals surface area contributed by atoms with Crippen LogP contribution in [0.3, 0.4) is 0 Å². The maximum atomic E-state index is 10.7. The van der Waals surface area contributed by atoms with E-state index in [9.17, 15) is 4.48 Å². The third kappa shape index (κ3) is 3.53. The van der Waals surface area contributed by atoms with Crippen molar-refractivity contribution in [3.63, 3.8) is 0 Å². The molecule has 0 aromatic heterocycles. The van der Waals surface area contributed by atoms with Gasteiger partial charge in [0.1, 0.15) is 0 Å². The molecule has 0 saturated carbocycles. The SMILES string of the molecule is CC(C)N=NF. The average Bonchev–Trinajstić information content (AvgIpc) is 1.35. The van der Waals surface area contributed by atoms with Crippen LogP contribution in [0.1, 0.15) is 13.8 Å². The molecule has 0 heterocycles. The van der Waals surface area contributed by atoms with Crippen LogP contribution in [0.5, 0.6) is 0 Å². The first-order valence-corrected chi connectivity index (χ1v) is 1.78. The van der Waals surface area contributed by atoms with Crippen LogP contribution in [0.25, 0.3) is 0 Å². The zero-order valence-corrected chi connectivity index (χ0v) is 3.85. The maximum Gasteiger partial charge on any atom is 0.0681 e. The molecule has 0 fully saturated rings. The van der Waals surface area contributed by atoms with E-state index in [2.05, 4.69) is 10.5 Å². The largest absolute Gasteiger partial charge is 0.157 e. The van der Waals surface area contributed by atoms with Crippen LogP contribution >= 0.6 is 0 Å². The zero-order valence-electron chi connectivity index (χ0n) is 3.85. The summed E-state index contributed by atoms with van der Waals surface area (Å²) >= 11 is 0. The van der Waals surface area contributed by atoms with Crippen LogP contribution in [0.4, 0.5) is 4.48 Å². The standard InChI is InChI=1S/C3H7FN2/c1-3(2)5-6-4/h3H,1-2H3. The van der Waals surface area contributed by atoms with Crippen molar-refractivity contribution in [1.29, 1.82) is 0 Å². The van der Waals surface area contributed by atoms with Crippen LogP contribution < -0.4 is 0 Å². The third-order valence-electron chi connectivity index (χ3n) is 0.275. The highest BCUT2D eigenvalue weighted by molar-refractivity contribution is 4.39. The Kier molecular flexibility index (Phi) is 2.54. The highest BCUT2D eigenvalue weighted by Gasteiger charge is 1.80. The van der Waals surface area contributed by atoms with Gasteiger partial charge >= 0.3 is 0 Å². The lowest BCUT2D eigenvalue weighted by Crippen LogP contribution is -1.82. The van der Waals surface area contributed by atoms with E-state index >= 15 is 0 Å². The summed E-state index contributed by atoms with van der Waals surface area (Å²) in [4.78, 5) is 0. The second-order valence-electron chi connectivity index (χ2n) is 1.28. The minimum atomic E-state index is -0.0185. The second-order valence-corrected chi connectivity index (χ2v) is 1.28. The van der Waals surface area contributed by atoms with E-state index in [1.165, 1.54) is 0 Å². The highest BCUT2D eigenvalue weighted by atomic mass is 19.2. The van der Waals surface area contributed by atoms with E-state index in [0.29, 0.717) is 0 Å². The summed E-state index contributed by atoms with van der Waals surface area (Å²) in [5, 5.41) is 5.14. The summed E-state index contributed by atoms with van der Waals surface area (Å²) in [6.07, 6.45) is 0. The van der Waals surface area contributed by atoms with Crippen LogP contribution in [0.15, 0.2) is 10.5 Å². The second kappa shape index (κ2) is 2.75. The minimum Gasteiger partial charge on any atom is -0.157 e. The van der Waals surface area contributed by atoms with Gasteiger partial charge in [0.05, 0.1) is 6.04 Å². The van der Waals surface area contributed by atoms with Crippen molar-refractivity contribution in [2.75, 3.05) is 0 Å². The molecule has 0 aromatic rings. The van der Waals surface area contributed by atoms with Gasteiger partial charge in [-0.1, -0.05) is 4.48 Å². The van der Waals surface area contributed by atoms with E-state index in [1.54, 1.807) is 13.8 Å². The molecule has 0 radical (unpaired) electrons. The molecule has 0 amide bonds. The van der Waals surface area contributed by atoms with E-state index in [1.807, 2.05) is 0 Å². The summed E-state index contributed by atoms with van der Waals surface area (Å²) in [5.74, 6) is 0. The number of rotatable bonds is 1. The Bertz CT molecular complexity index is 50.8. The number of nitrogens with zero attached hydrogens (tertiary/aromatic N) is 2. The summed E-state index contributed by atoms with van der Waals surface area (Å²) < 4.78 is 10.7. The van der Waals surface area contributed by atoms with Gasteiger partial charge in [0.25, 0.3) is 0 Å². The van der Waals surface area contributed by atoms with E-state index in [0.717, 1.165) is 0 Å². The topological polar surface area (TPSA) is 24.7 Å². The lowest BCUT2D eigenvalue weighted by molar-refractivity contribution is 0.462. The highest BCUT2D eigenvalue weighted by Crippen LogP contribution is 1.85. The summed E-state index contributed by atoms with van der Waals surface area (Å²) in [7, 11) is 0. The van der Waals surface area contributed by atoms with Crippen molar-refractivity contribution < 1.29 is 4.48 Å². The molecule has 0 aromatic carbocycles. The fourth-order valence-corrected chi connectivity index (χ4v) is 0.0873. The lowest BCUT2D eigenvalue weighted by atomic mass is 10.4. The van der Waals surface area contributed by atoms with Crippen LogP contribution in [0.2, 0.25) is 0 Å². The van der Waals surface area contributed by atoms with E-state index in [4.69, 9.17) is 0 Å². The molecule has 6 heavy (non-hydrogen) atoms. The Balaban J connectivity index is 3.03. The predicted octanol–water partition coefficient (Wildman–Crippen LogP) is 1.73. The molecule has 0 saturated heterocycles. The van der Waals surface area contributed by atoms with Crippen molar-refractivity contribution in [2.24, 2.45) is 10.5 Å². The molecular formula is C3H7FN2. The zero-order chi connectivity index (χ0) is 4.99. The van der Waals surface area contributed by atoms with Crippen molar-refractivity contribution in [1.82, 2.24) is 0 Å². The summed E-state index contributed by atoms with van der Waals surface area (Å²) in [5.41, 5.74) is 0. The van der Waals surface area contributed by atoms with Gasteiger partial charge in [-0.05, 0) is 13.8 Å². The first kappa shape index (κ1) is 5.53. The molecule has 0 unspecified atom stereocenters. The lowest BCUT2D eigenvalue weighted by Gasteiger charge is -1.83. The number of hydrogen-bond donors (Lipinski definition) is 0. The molecule has 36 valence electrons. The molecule has 0 bridgehead atoms. The number of hydrogen-bond acceptors (Lipinski definition) is 2. The molecule has 0 spiro atoms. The molecule has 0 aliphatic rings. The Labute approximate surface area is 36.0 Å². The van der Waals surface area contributed by atoms with Crippen molar-refractivity contribution in [2.45, 2.75) is 19.9 Å². The molecule has 0 aliphatic heterocycles. The van der Waals surface area contributed by atoms with Gasteiger partial charge in [-0.2, -0.15) is 5.11 Å². The van der Waals surface area contributed by atoms with E-state index < -0.39 is 0 Å². The van der Waals surface area contributed by atoms with Crippen molar-refractivity contribution in [3.05, 3.63) is 0 Å². The monoisotopic (exact) mass is 90.1 g/mol. The van der Waals surface area contributed by atoms with Crippen molar-refractivity contribution >= 4 is 0 Å². The van der Waals surface area contributed by atoms with Gasteiger partial charge < -0.3 is 0 Å². The van der Waals surface area contributed by atoms with Gasteiger partial charge in [0.2, 0.25) is 0 Å². The van der Waals surface area contributed by atoms with Gasteiger partial charge in [-0.3, -0.25) is 0 Å². The molecule has 3 heteroatoms. The molecule has 0 aliphatic carbocycles. The average molecular weight is 90.1 g/mol. The smallest absolute Gasteiger partial charge is 0.0681 e. The minimum absolute atomic E-state index is 0.0185. The van der Waals surface area contributed by atoms with Crippen LogP contribution in [-0.4, -0.2) is 6.04 Å². The molecule has 0 atom stereocenters. The fourth-order valence-electron chi connectivity index (χ4n) is 0.0873. The van der Waals surface area contributed by atoms with E-state index in [-0.39, 0.29) is 6.04 Å². The Morgan fingerprint density at radius 3 is 2.00 bits per heavy atom. The molecule has 0 rings (SSSR count). The normalized spacial score (nSPS) is 11.3. The van der Waals surface area contributed by atoms with Gasteiger partial charge in [0, 0.05) is 5.34 Å². The van der Waals surface area contributed by atoms with Crippen LogP contribution in [0, 0.1) is 0 Å². The summed E-state index contributed by atoms with van der Waals surface area (Å²) in [6.45, 7) is 3.51. The Hall–Kier alpha value is -0.470. The molecule has 2 nitrogen and oxygen atoms in total. The fraction of sp³-hybridized carbons (Fsp3) is 1.00. The first-order valence-electron chi connectivity index (χ1n) is 1.78. The Morgan fingerprint density at radius 1 is 1.50 bits per heavy atom. The number of halogens is 1. The predicted molar refractivity (Wildman–Crippen MR) is 21.1 cm³/mol. The molecular weight excluding hydrogens is 83.0 g/mol. The third-order valence-corrected chi connectivity index (χ3v) is 0.275. The first-order chi connectivity index (χ1) is 2.77. The Morgan fingerprint density at radius 2 is 2.00 bits per heavy atom. The van der Waals surface area contributed by atoms with Crippen LogP contribution in [-0.2, 0) is 0 Å². The van der Waals surface area contributed by atoms with Gasteiger partial charge in [-0.15, -0.1) is 0 Å². The quantitative estimate of drug-likeness (QED) is 0.438.